The predicted octanol–water partition coefficient (Wildman–Crippen LogP) is 2.19. The van der Waals surface area contributed by atoms with Gasteiger partial charge in [-0.05, 0) is 32.8 Å². The molecule has 0 amide bonds. The number of rotatable bonds is 2. The lowest BCUT2D eigenvalue weighted by molar-refractivity contribution is 0.363. The molecule has 0 aliphatic heterocycles. The fraction of sp³-hybridized carbons (Fsp3) is 0.615. The Bertz CT molecular complexity index is 425. The van der Waals surface area contributed by atoms with Gasteiger partial charge in [0.2, 0.25) is 0 Å². The first-order chi connectivity index (χ1) is 7.29. The van der Waals surface area contributed by atoms with E-state index < -0.39 is 0 Å². The normalized spacial score (nSPS) is 12.2. The molecule has 0 aliphatic carbocycles. The summed E-state index contributed by atoms with van der Waals surface area (Å²) in [5, 5.41) is 0. The maximum Gasteiger partial charge on any atom is 0.255 e. The largest absolute Gasteiger partial charge is 0.326 e. The molecular weight excluding hydrogens is 200 g/mol. The molecule has 3 heteroatoms. The summed E-state index contributed by atoms with van der Waals surface area (Å²) < 4.78 is 1.86. The molecule has 1 aromatic rings. The number of nitrogens with zero attached hydrogens (tertiary/aromatic N) is 1. The molecule has 0 aliphatic rings. The Morgan fingerprint density at radius 3 is 2.25 bits per heavy atom. The molecule has 2 N–H and O–H groups in total. The summed E-state index contributed by atoms with van der Waals surface area (Å²) in [4.78, 5) is 12.3. The Hall–Kier alpha value is -1.09. The van der Waals surface area contributed by atoms with Gasteiger partial charge in [-0.15, -0.1) is 0 Å². The van der Waals surface area contributed by atoms with Crippen LogP contribution in [0.4, 0.5) is 0 Å². The van der Waals surface area contributed by atoms with Crippen LogP contribution in [0.15, 0.2) is 16.9 Å². The second-order valence-electron chi connectivity index (χ2n) is 5.45. The minimum Gasteiger partial charge on any atom is -0.326 e. The van der Waals surface area contributed by atoms with Crippen LogP contribution in [0.1, 0.15) is 51.8 Å². The van der Waals surface area contributed by atoms with Crippen LogP contribution in [0.5, 0.6) is 0 Å². The van der Waals surface area contributed by atoms with Crippen LogP contribution in [0.25, 0.3) is 0 Å². The first-order valence-electron chi connectivity index (χ1n) is 5.74. The SMILES string of the molecule is CC(C)c1ccc(CN)c(=O)n1C(C)(C)C. The molecule has 0 radical (unpaired) electrons. The molecule has 16 heavy (non-hydrogen) atoms. The van der Waals surface area contributed by atoms with Crippen molar-refractivity contribution in [2.24, 2.45) is 5.73 Å². The second-order valence-corrected chi connectivity index (χ2v) is 5.45. The van der Waals surface area contributed by atoms with Gasteiger partial charge in [-0.2, -0.15) is 0 Å². The number of hydrogen-bond donors (Lipinski definition) is 1. The van der Waals surface area contributed by atoms with Crippen molar-refractivity contribution in [2.45, 2.75) is 52.6 Å². The predicted molar refractivity (Wildman–Crippen MR) is 67.7 cm³/mol. The van der Waals surface area contributed by atoms with Crippen LogP contribution in [-0.2, 0) is 12.1 Å². The van der Waals surface area contributed by atoms with Crippen molar-refractivity contribution in [1.29, 1.82) is 0 Å². The molecule has 0 unspecified atom stereocenters. The lowest BCUT2D eigenvalue weighted by Crippen LogP contribution is -2.38. The zero-order valence-electron chi connectivity index (χ0n) is 10.9. The van der Waals surface area contributed by atoms with E-state index in [9.17, 15) is 4.79 Å². The van der Waals surface area contributed by atoms with E-state index in [1.165, 1.54) is 0 Å². The smallest absolute Gasteiger partial charge is 0.255 e. The van der Waals surface area contributed by atoms with E-state index >= 15 is 0 Å². The van der Waals surface area contributed by atoms with Gasteiger partial charge in [0.15, 0.2) is 0 Å². The molecule has 0 fully saturated rings. The third-order valence-corrected chi connectivity index (χ3v) is 2.67. The van der Waals surface area contributed by atoms with Crippen molar-refractivity contribution >= 4 is 0 Å². The number of nitrogens with two attached hydrogens (primary N) is 1. The summed E-state index contributed by atoms with van der Waals surface area (Å²) in [6, 6.07) is 3.86. The Labute approximate surface area is 97.3 Å². The molecular formula is C13H22N2O. The number of hydrogen-bond acceptors (Lipinski definition) is 2. The minimum absolute atomic E-state index is 0.0428. The molecule has 0 bridgehead atoms. The van der Waals surface area contributed by atoms with E-state index in [-0.39, 0.29) is 11.1 Å². The first kappa shape index (κ1) is 13.0. The Morgan fingerprint density at radius 2 is 1.88 bits per heavy atom. The fourth-order valence-corrected chi connectivity index (χ4v) is 1.89. The Morgan fingerprint density at radius 1 is 1.31 bits per heavy atom. The average Bonchev–Trinajstić information content (AvgIpc) is 2.14. The third kappa shape index (κ3) is 2.35. The molecule has 1 rings (SSSR count). The van der Waals surface area contributed by atoms with Gasteiger partial charge in [0.1, 0.15) is 0 Å². The average molecular weight is 222 g/mol. The van der Waals surface area contributed by atoms with Crippen LogP contribution < -0.4 is 11.3 Å². The standard InChI is InChI=1S/C13H22N2O/c1-9(2)11-7-6-10(8-14)12(16)15(11)13(3,4)5/h6-7,9H,8,14H2,1-5H3. The van der Waals surface area contributed by atoms with Crippen LogP contribution in [-0.4, -0.2) is 4.57 Å². The molecule has 1 aromatic heterocycles. The highest BCUT2D eigenvalue weighted by atomic mass is 16.1. The maximum atomic E-state index is 12.3. The van der Waals surface area contributed by atoms with Gasteiger partial charge in [0.25, 0.3) is 5.56 Å². The topological polar surface area (TPSA) is 48.0 Å². The summed E-state index contributed by atoms with van der Waals surface area (Å²) in [7, 11) is 0. The first-order valence-corrected chi connectivity index (χ1v) is 5.74. The van der Waals surface area contributed by atoms with Crippen LogP contribution in [0, 0.1) is 0 Å². The zero-order valence-corrected chi connectivity index (χ0v) is 10.9. The third-order valence-electron chi connectivity index (χ3n) is 2.67. The lowest BCUT2D eigenvalue weighted by atomic mass is 10.0. The van der Waals surface area contributed by atoms with Gasteiger partial charge in [0.05, 0.1) is 0 Å². The molecule has 0 spiro atoms. The van der Waals surface area contributed by atoms with Crippen molar-refractivity contribution in [3.05, 3.63) is 33.7 Å². The molecule has 1 heterocycles. The van der Waals surface area contributed by atoms with E-state index in [2.05, 4.69) is 13.8 Å². The van der Waals surface area contributed by atoms with Crippen molar-refractivity contribution in [1.82, 2.24) is 4.57 Å². The monoisotopic (exact) mass is 222 g/mol. The Balaban J connectivity index is 3.57. The van der Waals surface area contributed by atoms with Crippen LogP contribution in [0.2, 0.25) is 0 Å². The molecule has 0 saturated heterocycles. The van der Waals surface area contributed by atoms with Gasteiger partial charge in [-0.25, -0.2) is 0 Å². The van der Waals surface area contributed by atoms with Crippen molar-refractivity contribution in [3.8, 4) is 0 Å². The molecule has 90 valence electrons. The second kappa shape index (κ2) is 4.42. The van der Waals surface area contributed by atoms with E-state index in [1.807, 2.05) is 37.5 Å². The van der Waals surface area contributed by atoms with E-state index in [0.29, 0.717) is 18.0 Å². The minimum atomic E-state index is -0.206. The molecule has 0 atom stereocenters. The van der Waals surface area contributed by atoms with Crippen molar-refractivity contribution in [2.75, 3.05) is 0 Å². The molecule has 0 saturated carbocycles. The number of aromatic nitrogens is 1. The van der Waals surface area contributed by atoms with Gasteiger partial charge >= 0.3 is 0 Å². The Kier molecular flexibility index (Phi) is 3.58. The molecule has 3 nitrogen and oxygen atoms in total. The van der Waals surface area contributed by atoms with Crippen molar-refractivity contribution in [3.63, 3.8) is 0 Å². The van der Waals surface area contributed by atoms with E-state index in [0.717, 1.165) is 5.69 Å². The lowest BCUT2D eigenvalue weighted by Gasteiger charge is -2.28. The number of pyridine rings is 1. The molecule has 0 aromatic carbocycles. The highest BCUT2D eigenvalue weighted by molar-refractivity contribution is 5.20. The fourth-order valence-electron chi connectivity index (χ4n) is 1.89. The van der Waals surface area contributed by atoms with E-state index in [1.54, 1.807) is 0 Å². The highest BCUT2D eigenvalue weighted by Gasteiger charge is 2.20. The maximum absolute atomic E-state index is 12.3. The quantitative estimate of drug-likeness (QED) is 0.833. The van der Waals surface area contributed by atoms with E-state index in [4.69, 9.17) is 5.73 Å². The van der Waals surface area contributed by atoms with Gasteiger partial charge in [-0.1, -0.05) is 19.9 Å². The summed E-state index contributed by atoms with van der Waals surface area (Å²) in [5.41, 5.74) is 7.16. The summed E-state index contributed by atoms with van der Waals surface area (Å²) in [6.07, 6.45) is 0. The highest BCUT2D eigenvalue weighted by Crippen LogP contribution is 2.20. The van der Waals surface area contributed by atoms with Crippen LogP contribution in [0.3, 0.4) is 0 Å². The summed E-state index contributed by atoms with van der Waals surface area (Å²) in [5.74, 6) is 0.332. The zero-order chi connectivity index (χ0) is 12.5. The van der Waals surface area contributed by atoms with Gasteiger partial charge in [0, 0.05) is 23.3 Å². The van der Waals surface area contributed by atoms with Crippen molar-refractivity contribution < 1.29 is 0 Å². The summed E-state index contributed by atoms with van der Waals surface area (Å²) in [6.45, 7) is 10.6. The summed E-state index contributed by atoms with van der Waals surface area (Å²) >= 11 is 0. The van der Waals surface area contributed by atoms with Gasteiger partial charge in [-0.3, -0.25) is 4.79 Å². The van der Waals surface area contributed by atoms with Gasteiger partial charge < -0.3 is 10.3 Å². The van der Waals surface area contributed by atoms with Crippen LogP contribution >= 0.6 is 0 Å².